The molecule has 7 rings (SSSR count). The molecule has 2 fully saturated rings. The maximum Gasteiger partial charge on any atom is 0.325 e. The van der Waals surface area contributed by atoms with Gasteiger partial charge in [0.2, 0.25) is 0 Å². The van der Waals surface area contributed by atoms with Crippen LogP contribution < -0.4 is 15.8 Å². The number of amides is 1. The number of aliphatic hydroxyl groups is 5. The zero-order valence-corrected chi connectivity index (χ0v) is 32.7. The van der Waals surface area contributed by atoms with Gasteiger partial charge in [0.05, 0.1) is 42.8 Å². The maximum absolute atomic E-state index is 14.1. The standard InChI is InChI=1S/C40H43N3O18/c1-11-5-18-24(31(50)21(11)37(54)43-12(2)38(55)56)23-16(8-17-25(32(23)51)28(47)15-6-14(57-4)7-19(44)22(15)27(17)46)29(48)35(18)60-40-34(53)36(26(42-10-41)13(3)59-40)61-39-33(52)30(49)20(45)9-58-39/h5-8,10,12-13,20,26,29-30,33-36,39-40,44-45,48-53H,9H2,1-4H3,(H2,41,42)(H,43,54)(H,55,56)/t12-,13-,20-,26+,29+,30+,33-,34-,35+,36+,39+,40+/m1/s1. The second kappa shape index (κ2) is 16.3. The van der Waals surface area contributed by atoms with Gasteiger partial charge in [-0.2, -0.15) is 0 Å². The first kappa shape index (κ1) is 43.3. The summed E-state index contributed by atoms with van der Waals surface area (Å²) in [5.41, 5.74) is 2.03. The number of carbonyl (C=O) groups is 4. The van der Waals surface area contributed by atoms with Crippen LogP contribution in [0.25, 0.3) is 11.1 Å². The fraction of sp³-hybridized carbons (Fsp3) is 0.425. The number of aromatic hydroxyl groups is 3. The zero-order valence-electron chi connectivity index (χ0n) is 32.7. The lowest BCUT2D eigenvalue weighted by atomic mass is 9.74. The molecule has 0 saturated carbocycles. The van der Waals surface area contributed by atoms with Crippen molar-refractivity contribution in [2.24, 2.45) is 10.7 Å². The third-order valence-electron chi connectivity index (χ3n) is 11.3. The first-order chi connectivity index (χ1) is 28.8. The first-order valence-corrected chi connectivity index (χ1v) is 18.8. The van der Waals surface area contributed by atoms with E-state index in [1.165, 1.54) is 40.0 Å². The summed E-state index contributed by atoms with van der Waals surface area (Å²) in [6.07, 6.45) is -15.4. The third-order valence-corrected chi connectivity index (χ3v) is 11.3. The van der Waals surface area contributed by atoms with E-state index in [0.717, 1.165) is 18.5 Å². The smallest absolute Gasteiger partial charge is 0.325 e. The summed E-state index contributed by atoms with van der Waals surface area (Å²) in [6.45, 7) is 3.60. The number of ketones is 2. The van der Waals surface area contributed by atoms with Crippen molar-refractivity contribution >= 4 is 29.8 Å². The molecule has 326 valence electrons. The molecule has 0 bridgehead atoms. The lowest BCUT2D eigenvalue weighted by Gasteiger charge is -2.46. The number of carbonyl (C=O) groups excluding carboxylic acids is 3. The Morgan fingerprint density at radius 2 is 1.54 bits per heavy atom. The van der Waals surface area contributed by atoms with Gasteiger partial charge in [0.1, 0.15) is 77.8 Å². The number of nitrogens with zero attached hydrogens (tertiary/aromatic N) is 1. The number of aryl methyl sites for hydroxylation is 1. The van der Waals surface area contributed by atoms with Crippen LogP contribution in [0.5, 0.6) is 23.0 Å². The summed E-state index contributed by atoms with van der Waals surface area (Å²) < 4.78 is 28.8. The van der Waals surface area contributed by atoms with E-state index in [9.17, 15) is 65.1 Å². The first-order valence-electron chi connectivity index (χ1n) is 18.8. The number of fused-ring (bicyclic) bond motifs is 5. The van der Waals surface area contributed by atoms with Gasteiger partial charge in [-0.05, 0) is 49.6 Å². The number of rotatable bonds is 9. The van der Waals surface area contributed by atoms with Crippen molar-refractivity contribution in [3.05, 3.63) is 68.8 Å². The van der Waals surface area contributed by atoms with E-state index in [0.29, 0.717) is 0 Å². The van der Waals surface area contributed by atoms with Crippen LogP contribution in [0, 0.1) is 6.92 Å². The number of benzene rings is 3. The van der Waals surface area contributed by atoms with E-state index in [1.807, 2.05) is 0 Å². The third kappa shape index (κ3) is 7.12. The second-order valence-electron chi connectivity index (χ2n) is 15.1. The molecule has 0 aromatic heterocycles. The lowest BCUT2D eigenvalue weighted by molar-refractivity contribution is -0.337. The molecule has 2 aliphatic carbocycles. The van der Waals surface area contributed by atoms with Gasteiger partial charge < -0.3 is 80.7 Å². The number of ether oxygens (including phenoxy) is 5. The predicted molar refractivity (Wildman–Crippen MR) is 204 cm³/mol. The average Bonchev–Trinajstić information content (AvgIpc) is 3.20. The molecule has 0 spiro atoms. The van der Waals surface area contributed by atoms with Crippen molar-refractivity contribution in [3.8, 4) is 34.1 Å². The molecule has 61 heavy (non-hydrogen) atoms. The number of aliphatic carboxylic acids is 1. The summed E-state index contributed by atoms with van der Waals surface area (Å²) in [5.74, 6) is -6.74. The van der Waals surface area contributed by atoms with Crippen molar-refractivity contribution in [1.29, 1.82) is 0 Å². The Morgan fingerprint density at radius 3 is 2.20 bits per heavy atom. The highest BCUT2D eigenvalue weighted by molar-refractivity contribution is 6.31. The van der Waals surface area contributed by atoms with Crippen LogP contribution in [-0.2, 0) is 23.7 Å². The number of nitrogens with two attached hydrogens (primary N) is 1. The van der Waals surface area contributed by atoms with E-state index in [2.05, 4.69) is 10.3 Å². The second-order valence-corrected chi connectivity index (χ2v) is 15.1. The van der Waals surface area contributed by atoms with E-state index in [4.69, 9.17) is 29.4 Å². The Morgan fingerprint density at radius 1 is 0.885 bits per heavy atom. The van der Waals surface area contributed by atoms with Gasteiger partial charge in [-0.15, -0.1) is 0 Å². The van der Waals surface area contributed by atoms with E-state index < -0.39 is 154 Å². The molecule has 21 heteroatoms. The Hall–Kier alpha value is -5.75. The van der Waals surface area contributed by atoms with E-state index in [-0.39, 0.29) is 28.0 Å². The molecule has 4 aliphatic rings. The molecule has 2 aliphatic heterocycles. The molecular formula is C40H43N3O18. The molecular weight excluding hydrogens is 810 g/mol. The van der Waals surface area contributed by atoms with Crippen molar-refractivity contribution < 1.29 is 88.8 Å². The molecule has 12 N–H and O–H groups in total. The highest BCUT2D eigenvalue weighted by Gasteiger charge is 2.51. The van der Waals surface area contributed by atoms with E-state index in [1.54, 1.807) is 0 Å². The minimum Gasteiger partial charge on any atom is -0.507 e. The summed E-state index contributed by atoms with van der Waals surface area (Å²) in [7, 11) is 1.26. The highest BCUT2D eigenvalue weighted by Crippen LogP contribution is 2.57. The van der Waals surface area contributed by atoms with Gasteiger partial charge in [0.15, 0.2) is 24.1 Å². The van der Waals surface area contributed by atoms with Crippen LogP contribution in [0.4, 0.5) is 0 Å². The molecule has 0 unspecified atom stereocenters. The van der Waals surface area contributed by atoms with E-state index >= 15 is 0 Å². The topological polar surface area (TPSA) is 347 Å². The Bertz CT molecular complexity index is 2350. The Balaban J connectivity index is 1.37. The van der Waals surface area contributed by atoms with Crippen molar-refractivity contribution in [2.75, 3.05) is 13.7 Å². The number of aliphatic hydroxyl groups excluding tert-OH is 5. The van der Waals surface area contributed by atoms with Gasteiger partial charge in [0, 0.05) is 28.3 Å². The number of methoxy groups -OCH3 is 1. The Kier molecular flexibility index (Phi) is 11.6. The normalized spacial score (nSPS) is 29.9. The molecule has 2 saturated heterocycles. The number of phenolic OH excluding ortho intramolecular Hbond substituents is 3. The number of hydrogen-bond donors (Lipinski definition) is 11. The molecule has 3 aromatic rings. The molecule has 3 aromatic carbocycles. The van der Waals surface area contributed by atoms with Gasteiger partial charge in [-0.3, -0.25) is 24.2 Å². The minimum atomic E-state index is -1.93. The van der Waals surface area contributed by atoms with Gasteiger partial charge in [0.25, 0.3) is 5.91 Å². The zero-order chi connectivity index (χ0) is 44.5. The number of hydrogen-bond acceptors (Lipinski definition) is 18. The highest BCUT2D eigenvalue weighted by atomic mass is 16.7. The summed E-state index contributed by atoms with van der Waals surface area (Å²) in [6, 6.07) is 2.07. The molecule has 21 nitrogen and oxygen atoms in total. The van der Waals surface area contributed by atoms with Crippen molar-refractivity contribution in [1.82, 2.24) is 5.32 Å². The number of carboxylic acid groups (broad SMARTS) is 1. The van der Waals surface area contributed by atoms with Crippen LogP contribution >= 0.6 is 0 Å². The largest absolute Gasteiger partial charge is 0.507 e. The summed E-state index contributed by atoms with van der Waals surface area (Å²) >= 11 is 0. The molecule has 2 heterocycles. The maximum atomic E-state index is 14.1. The van der Waals surface area contributed by atoms with Gasteiger partial charge >= 0.3 is 5.97 Å². The Labute approximate surface area is 345 Å². The molecule has 1 amide bonds. The quantitative estimate of drug-likeness (QED) is 0.0722. The van der Waals surface area contributed by atoms with Crippen LogP contribution in [0.15, 0.2) is 29.3 Å². The fourth-order valence-corrected chi connectivity index (χ4v) is 8.19. The fourth-order valence-electron chi connectivity index (χ4n) is 8.19. The average molecular weight is 854 g/mol. The van der Waals surface area contributed by atoms with Crippen LogP contribution in [0.3, 0.4) is 0 Å². The SMILES string of the molecule is COc1cc(O)c2c(c1)C(=O)c1c(cc3c(c1O)-c1c(cc(C)c(C(=O)N[C@H](C)C(=O)O)c1O)[C@H](O[C@@H]1O[C@H](C)[C@H](N=CN)[C@H](O[C@@H]4OC[C@@H](O)[C@H](O)[C@H]4O)[C@H]1O)[C@H]3O)C2=O. The molecule has 12 atom stereocenters. The van der Waals surface area contributed by atoms with Crippen molar-refractivity contribution in [2.45, 2.75) is 94.3 Å². The van der Waals surface area contributed by atoms with Gasteiger partial charge in [-0.25, -0.2) is 0 Å². The number of carboxylic acids is 1. The number of aliphatic imine (C=N–C) groups is 1. The van der Waals surface area contributed by atoms with Crippen LogP contribution in [0.2, 0.25) is 0 Å². The summed E-state index contributed by atoms with van der Waals surface area (Å²) in [4.78, 5) is 57.5. The lowest BCUT2D eigenvalue weighted by Crippen LogP contribution is -2.62. The van der Waals surface area contributed by atoms with Crippen molar-refractivity contribution in [3.63, 3.8) is 0 Å². The number of nitrogens with one attached hydrogen (secondary N) is 1. The molecule has 0 radical (unpaired) electrons. The predicted octanol–water partition coefficient (Wildman–Crippen LogP) is -0.844. The summed E-state index contributed by atoms with van der Waals surface area (Å²) in [5, 5.41) is 101. The monoisotopic (exact) mass is 853 g/mol. The van der Waals surface area contributed by atoms with Crippen LogP contribution in [-0.4, -0.2) is 151 Å². The van der Waals surface area contributed by atoms with Crippen LogP contribution in [0.1, 0.15) is 84.9 Å². The van der Waals surface area contributed by atoms with Gasteiger partial charge in [-0.1, -0.05) is 6.07 Å². The number of phenols is 3. The minimum absolute atomic E-state index is 0.00693.